The molecule has 0 unspecified atom stereocenters. The number of rotatable bonds is 4. The van der Waals surface area contributed by atoms with Crippen LogP contribution in [0.5, 0.6) is 0 Å². The van der Waals surface area contributed by atoms with Crippen molar-refractivity contribution in [2.45, 2.75) is 38.1 Å². The van der Waals surface area contributed by atoms with Crippen LogP contribution in [0.4, 0.5) is 5.69 Å². The van der Waals surface area contributed by atoms with E-state index in [0.29, 0.717) is 5.75 Å². The molecule has 2 aromatic rings. The minimum absolute atomic E-state index is 0.00444. The third kappa shape index (κ3) is 4.60. The maximum atomic E-state index is 12.2. The second kappa shape index (κ2) is 6.97. The highest BCUT2D eigenvalue weighted by Crippen LogP contribution is 2.29. The average Bonchev–Trinajstić information content (AvgIpc) is 2.46. The second-order valence-corrected chi connectivity index (χ2v) is 7.30. The number of thioether (sulfide) groups is 1. The topological polar surface area (TPSA) is 42.0 Å². The molecule has 0 radical (unpaired) electrons. The van der Waals surface area contributed by atoms with Crippen molar-refractivity contribution in [3.8, 4) is 0 Å². The third-order valence-electron chi connectivity index (χ3n) is 3.24. The number of para-hydroxylation sites is 1. The lowest BCUT2D eigenvalue weighted by Gasteiger charge is -2.22. The van der Waals surface area contributed by atoms with Crippen LogP contribution < -0.4 is 5.32 Å². The molecule has 22 heavy (non-hydrogen) atoms. The summed E-state index contributed by atoms with van der Waals surface area (Å²) < 4.78 is 0. The van der Waals surface area contributed by atoms with Crippen molar-refractivity contribution >= 4 is 23.4 Å². The van der Waals surface area contributed by atoms with Crippen LogP contribution in [0.1, 0.15) is 31.9 Å². The lowest BCUT2D eigenvalue weighted by Crippen LogP contribution is -2.19. The molecule has 2 rings (SSSR count). The quantitative estimate of drug-likeness (QED) is 0.850. The molecule has 4 heteroatoms. The molecule has 0 saturated carbocycles. The highest BCUT2D eigenvalue weighted by molar-refractivity contribution is 7.99. The van der Waals surface area contributed by atoms with Gasteiger partial charge in [-0.05, 0) is 35.6 Å². The smallest absolute Gasteiger partial charge is 0.234 e. The van der Waals surface area contributed by atoms with E-state index in [1.807, 2.05) is 43.5 Å². The number of carbonyl (C=O) groups excluding carboxylic acids is 1. The summed E-state index contributed by atoms with van der Waals surface area (Å²) >= 11 is 1.45. The Kier molecular flexibility index (Phi) is 5.24. The van der Waals surface area contributed by atoms with Gasteiger partial charge in [0, 0.05) is 11.9 Å². The molecule has 0 aliphatic carbocycles. The van der Waals surface area contributed by atoms with Gasteiger partial charge in [-0.2, -0.15) is 0 Å². The SMILES string of the molecule is Cc1ccc(SCC(=O)Nc2ccccc2C(C)(C)C)nc1. The Morgan fingerprint density at radius 3 is 2.55 bits per heavy atom. The largest absolute Gasteiger partial charge is 0.325 e. The van der Waals surface area contributed by atoms with Crippen molar-refractivity contribution in [3.63, 3.8) is 0 Å². The molecule has 0 aliphatic heterocycles. The molecule has 0 aliphatic rings. The highest BCUT2D eigenvalue weighted by Gasteiger charge is 2.18. The molecule has 1 N–H and O–H groups in total. The average molecular weight is 314 g/mol. The number of amides is 1. The number of nitrogens with zero attached hydrogens (tertiary/aromatic N) is 1. The van der Waals surface area contributed by atoms with Crippen molar-refractivity contribution in [2.75, 3.05) is 11.1 Å². The van der Waals surface area contributed by atoms with Gasteiger partial charge in [0.15, 0.2) is 0 Å². The molecule has 1 amide bonds. The number of aromatic nitrogens is 1. The van der Waals surface area contributed by atoms with Crippen LogP contribution in [0.15, 0.2) is 47.6 Å². The Balaban J connectivity index is 1.99. The van der Waals surface area contributed by atoms with Crippen LogP contribution in [0.3, 0.4) is 0 Å². The van der Waals surface area contributed by atoms with E-state index in [-0.39, 0.29) is 11.3 Å². The molecular formula is C18H22N2OS. The lowest BCUT2D eigenvalue weighted by atomic mass is 9.86. The Morgan fingerprint density at radius 1 is 1.18 bits per heavy atom. The zero-order valence-electron chi connectivity index (χ0n) is 13.5. The van der Waals surface area contributed by atoms with E-state index in [2.05, 4.69) is 37.1 Å². The Bertz CT molecular complexity index is 645. The lowest BCUT2D eigenvalue weighted by molar-refractivity contribution is -0.113. The fraction of sp³-hybridized carbons (Fsp3) is 0.333. The number of nitrogens with one attached hydrogen (secondary N) is 1. The van der Waals surface area contributed by atoms with Crippen molar-refractivity contribution in [3.05, 3.63) is 53.7 Å². The van der Waals surface area contributed by atoms with Crippen molar-refractivity contribution in [2.24, 2.45) is 0 Å². The summed E-state index contributed by atoms with van der Waals surface area (Å²) in [6, 6.07) is 11.9. The van der Waals surface area contributed by atoms with E-state index in [1.165, 1.54) is 11.8 Å². The van der Waals surface area contributed by atoms with E-state index in [9.17, 15) is 4.79 Å². The Morgan fingerprint density at radius 2 is 1.91 bits per heavy atom. The summed E-state index contributed by atoms with van der Waals surface area (Å²) in [5.41, 5.74) is 3.14. The molecule has 1 aromatic heterocycles. The van der Waals surface area contributed by atoms with E-state index in [4.69, 9.17) is 0 Å². The maximum Gasteiger partial charge on any atom is 0.234 e. The van der Waals surface area contributed by atoms with Gasteiger partial charge in [-0.3, -0.25) is 4.79 Å². The zero-order valence-corrected chi connectivity index (χ0v) is 14.3. The number of carbonyl (C=O) groups is 1. The van der Waals surface area contributed by atoms with Crippen LogP contribution >= 0.6 is 11.8 Å². The van der Waals surface area contributed by atoms with Gasteiger partial charge in [-0.1, -0.05) is 56.8 Å². The van der Waals surface area contributed by atoms with Gasteiger partial charge >= 0.3 is 0 Å². The molecule has 0 atom stereocenters. The molecule has 0 bridgehead atoms. The summed E-state index contributed by atoms with van der Waals surface area (Å²) in [5.74, 6) is 0.346. The van der Waals surface area contributed by atoms with Gasteiger partial charge in [0.2, 0.25) is 5.91 Å². The third-order valence-corrected chi connectivity index (χ3v) is 4.19. The Labute approximate surface area is 136 Å². The van der Waals surface area contributed by atoms with Gasteiger partial charge in [0.05, 0.1) is 10.8 Å². The van der Waals surface area contributed by atoms with Crippen LogP contribution in [0, 0.1) is 6.92 Å². The monoisotopic (exact) mass is 314 g/mol. The number of anilines is 1. The first-order chi connectivity index (χ1) is 10.4. The Hall–Kier alpha value is -1.81. The number of hydrogen-bond donors (Lipinski definition) is 1. The minimum Gasteiger partial charge on any atom is -0.325 e. The second-order valence-electron chi connectivity index (χ2n) is 6.31. The van der Waals surface area contributed by atoms with Crippen molar-refractivity contribution in [1.82, 2.24) is 4.98 Å². The van der Waals surface area contributed by atoms with E-state index in [1.54, 1.807) is 0 Å². The maximum absolute atomic E-state index is 12.2. The van der Waals surface area contributed by atoms with Gasteiger partial charge in [0.25, 0.3) is 0 Å². The van der Waals surface area contributed by atoms with E-state index >= 15 is 0 Å². The molecule has 0 saturated heterocycles. The predicted octanol–water partition coefficient (Wildman–Crippen LogP) is 4.42. The van der Waals surface area contributed by atoms with E-state index in [0.717, 1.165) is 21.8 Å². The van der Waals surface area contributed by atoms with E-state index < -0.39 is 0 Å². The summed E-state index contributed by atoms with van der Waals surface area (Å²) in [5, 5.41) is 3.88. The fourth-order valence-corrected chi connectivity index (χ4v) is 2.75. The molecule has 1 aromatic carbocycles. The van der Waals surface area contributed by atoms with Gasteiger partial charge in [0.1, 0.15) is 0 Å². The normalized spacial score (nSPS) is 11.3. The summed E-state index contributed by atoms with van der Waals surface area (Å²) in [7, 11) is 0. The molecule has 116 valence electrons. The molecule has 1 heterocycles. The number of pyridine rings is 1. The summed E-state index contributed by atoms with van der Waals surface area (Å²) in [6.45, 7) is 8.42. The first-order valence-electron chi connectivity index (χ1n) is 7.31. The summed E-state index contributed by atoms with van der Waals surface area (Å²) in [6.07, 6.45) is 1.81. The number of hydrogen-bond acceptors (Lipinski definition) is 3. The summed E-state index contributed by atoms with van der Waals surface area (Å²) in [4.78, 5) is 16.5. The number of benzene rings is 1. The van der Waals surface area contributed by atoms with Crippen LogP contribution in [-0.2, 0) is 10.2 Å². The standard InChI is InChI=1S/C18H22N2OS/c1-13-9-10-17(19-11-13)22-12-16(21)20-15-8-6-5-7-14(15)18(2,3)4/h5-11H,12H2,1-4H3,(H,20,21). The minimum atomic E-state index is -0.0101. The van der Waals surface area contributed by atoms with Gasteiger partial charge in [-0.15, -0.1) is 0 Å². The molecule has 0 fully saturated rings. The molecule has 0 spiro atoms. The van der Waals surface area contributed by atoms with Crippen molar-refractivity contribution in [1.29, 1.82) is 0 Å². The van der Waals surface area contributed by atoms with Crippen molar-refractivity contribution < 1.29 is 4.79 Å². The predicted molar refractivity (Wildman–Crippen MR) is 93.5 cm³/mol. The molecule has 3 nitrogen and oxygen atoms in total. The zero-order chi connectivity index (χ0) is 16.2. The fourth-order valence-electron chi connectivity index (χ4n) is 2.11. The van der Waals surface area contributed by atoms with Gasteiger partial charge in [-0.25, -0.2) is 4.98 Å². The first kappa shape index (κ1) is 16.6. The number of aryl methyl sites for hydroxylation is 1. The van der Waals surface area contributed by atoms with Gasteiger partial charge < -0.3 is 5.32 Å². The highest BCUT2D eigenvalue weighted by atomic mass is 32.2. The molecular weight excluding hydrogens is 292 g/mol. The van der Waals surface area contributed by atoms with Crippen LogP contribution in [0.2, 0.25) is 0 Å². The van der Waals surface area contributed by atoms with Crippen LogP contribution in [0.25, 0.3) is 0 Å². The van der Waals surface area contributed by atoms with Crippen LogP contribution in [-0.4, -0.2) is 16.6 Å². The first-order valence-corrected chi connectivity index (χ1v) is 8.29.